The maximum Gasteiger partial charge on any atom is 0.178 e. The first-order chi connectivity index (χ1) is 9.60. The predicted molar refractivity (Wildman–Crippen MR) is 85.0 cm³/mol. The first-order valence-electron chi connectivity index (χ1n) is 6.91. The van der Waals surface area contributed by atoms with E-state index in [4.69, 9.17) is 12.2 Å². The van der Waals surface area contributed by atoms with E-state index in [-0.39, 0.29) is 5.82 Å². The van der Waals surface area contributed by atoms with Crippen LogP contribution in [-0.4, -0.2) is 33.6 Å². The first-order valence-corrected chi connectivity index (χ1v) is 8.12. The van der Waals surface area contributed by atoms with Gasteiger partial charge in [-0.15, -0.1) is 0 Å². The number of halogens is 2. The molecule has 1 aromatic heterocycles. The normalized spacial score (nSPS) is 15.4. The van der Waals surface area contributed by atoms with E-state index in [0.717, 1.165) is 36.7 Å². The number of hydrogen-bond acceptors (Lipinski definition) is 2. The van der Waals surface area contributed by atoms with Gasteiger partial charge in [-0.05, 0) is 53.6 Å². The third-order valence-electron chi connectivity index (χ3n) is 3.90. The van der Waals surface area contributed by atoms with Crippen LogP contribution < -0.4 is 0 Å². The molecule has 2 aromatic rings. The van der Waals surface area contributed by atoms with Crippen LogP contribution in [0.4, 0.5) is 4.39 Å². The highest BCUT2D eigenvalue weighted by Gasteiger charge is 2.27. The number of likely N-dealkylation sites (N-methyl/N-ethyl adjacent to an activating group) is 1. The van der Waals surface area contributed by atoms with Crippen molar-refractivity contribution in [2.75, 3.05) is 13.1 Å². The van der Waals surface area contributed by atoms with Crippen LogP contribution in [-0.2, 0) is 6.54 Å². The highest BCUT2D eigenvalue weighted by atomic mass is 79.9. The molecule has 0 aliphatic heterocycles. The van der Waals surface area contributed by atoms with Crippen molar-refractivity contribution < 1.29 is 4.39 Å². The van der Waals surface area contributed by atoms with E-state index < -0.39 is 0 Å². The number of imidazole rings is 1. The molecule has 6 heteroatoms. The maximum absolute atomic E-state index is 13.6. The molecule has 1 N–H and O–H groups in total. The van der Waals surface area contributed by atoms with Crippen LogP contribution in [0.3, 0.4) is 0 Å². The number of rotatable bonds is 5. The second-order valence-electron chi connectivity index (χ2n) is 5.23. The fourth-order valence-corrected chi connectivity index (χ4v) is 3.27. The summed E-state index contributed by atoms with van der Waals surface area (Å²) in [6.07, 6.45) is 2.62. The Labute approximate surface area is 130 Å². The molecule has 0 saturated heterocycles. The number of nitrogens with zero attached hydrogens (tertiary/aromatic N) is 2. The van der Waals surface area contributed by atoms with Crippen LogP contribution in [0.5, 0.6) is 0 Å². The topological polar surface area (TPSA) is 24.0 Å². The Hall–Kier alpha value is -0.720. The Morgan fingerprint density at radius 3 is 2.90 bits per heavy atom. The van der Waals surface area contributed by atoms with Crippen molar-refractivity contribution >= 4 is 39.2 Å². The van der Waals surface area contributed by atoms with E-state index in [1.165, 1.54) is 18.9 Å². The van der Waals surface area contributed by atoms with Gasteiger partial charge in [0, 0.05) is 25.2 Å². The molecule has 20 heavy (non-hydrogen) atoms. The summed E-state index contributed by atoms with van der Waals surface area (Å²) < 4.78 is 16.7. The average molecular weight is 358 g/mol. The molecule has 1 aromatic carbocycles. The van der Waals surface area contributed by atoms with Gasteiger partial charge in [0.05, 0.1) is 15.5 Å². The minimum atomic E-state index is -0.269. The summed E-state index contributed by atoms with van der Waals surface area (Å²) in [6, 6.07) is 4.04. The Morgan fingerprint density at radius 1 is 1.50 bits per heavy atom. The van der Waals surface area contributed by atoms with Gasteiger partial charge in [0.1, 0.15) is 5.82 Å². The minimum absolute atomic E-state index is 0.269. The predicted octanol–water partition coefficient (Wildman–Crippen LogP) is 4.08. The fourth-order valence-electron chi connectivity index (χ4n) is 2.64. The molecule has 1 fully saturated rings. The fraction of sp³-hybridized carbons (Fsp3) is 0.500. The molecule has 3 rings (SSSR count). The summed E-state index contributed by atoms with van der Waals surface area (Å²) >= 11 is 8.60. The van der Waals surface area contributed by atoms with Crippen LogP contribution in [0.25, 0.3) is 11.0 Å². The average Bonchev–Trinajstić information content (AvgIpc) is 3.19. The number of aromatic amines is 1. The van der Waals surface area contributed by atoms with Crippen molar-refractivity contribution in [2.24, 2.45) is 0 Å². The zero-order chi connectivity index (χ0) is 14.3. The van der Waals surface area contributed by atoms with Crippen LogP contribution in [0.2, 0.25) is 0 Å². The SMILES string of the molecule is CCN(CCn1c(=S)[nH]c2cc(F)c(Br)cc21)C1CC1. The molecule has 1 heterocycles. The summed E-state index contributed by atoms with van der Waals surface area (Å²) in [6.45, 7) is 5.08. The summed E-state index contributed by atoms with van der Waals surface area (Å²) in [5.41, 5.74) is 1.71. The van der Waals surface area contributed by atoms with E-state index in [2.05, 4.69) is 37.3 Å². The zero-order valence-electron chi connectivity index (χ0n) is 11.3. The van der Waals surface area contributed by atoms with E-state index in [0.29, 0.717) is 9.24 Å². The van der Waals surface area contributed by atoms with E-state index in [1.54, 1.807) is 6.07 Å². The van der Waals surface area contributed by atoms with Gasteiger partial charge < -0.3 is 9.55 Å². The lowest BCUT2D eigenvalue weighted by Gasteiger charge is -2.20. The van der Waals surface area contributed by atoms with Crippen LogP contribution in [0, 0.1) is 10.6 Å². The number of aromatic nitrogens is 2. The molecule has 0 amide bonds. The monoisotopic (exact) mass is 357 g/mol. The molecular formula is C14H17BrFN3S. The molecule has 1 aliphatic rings. The lowest BCUT2D eigenvalue weighted by Crippen LogP contribution is -2.29. The quantitative estimate of drug-likeness (QED) is 0.815. The van der Waals surface area contributed by atoms with Crippen molar-refractivity contribution in [3.05, 3.63) is 27.2 Å². The van der Waals surface area contributed by atoms with Crippen molar-refractivity contribution in [3.63, 3.8) is 0 Å². The molecule has 3 nitrogen and oxygen atoms in total. The second-order valence-corrected chi connectivity index (χ2v) is 6.47. The van der Waals surface area contributed by atoms with Crippen LogP contribution in [0.1, 0.15) is 19.8 Å². The number of H-pyrrole nitrogens is 1. The van der Waals surface area contributed by atoms with Crippen LogP contribution >= 0.6 is 28.1 Å². The molecule has 0 atom stereocenters. The van der Waals surface area contributed by atoms with Crippen LogP contribution in [0.15, 0.2) is 16.6 Å². The van der Waals surface area contributed by atoms with Crippen molar-refractivity contribution in [1.29, 1.82) is 0 Å². The highest BCUT2D eigenvalue weighted by molar-refractivity contribution is 9.10. The molecule has 0 radical (unpaired) electrons. The molecule has 0 bridgehead atoms. The van der Waals surface area contributed by atoms with Gasteiger partial charge >= 0.3 is 0 Å². The number of benzene rings is 1. The third-order valence-corrected chi connectivity index (χ3v) is 4.83. The largest absolute Gasteiger partial charge is 0.330 e. The van der Waals surface area contributed by atoms with E-state index in [9.17, 15) is 4.39 Å². The van der Waals surface area contributed by atoms with Gasteiger partial charge in [-0.2, -0.15) is 0 Å². The summed E-state index contributed by atoms with van der Waals surface area (Å²) in [5, 5.41) is 0. The number of nitrogens with one attached hydrogen (secondary N) is 1. The smallest absolute Gasteiger partial charge is 0.178 e. The van der Waals surface area contributed by atoms with E-state index >= 15 is 0 Å². The summed E-state index contributed by atoms with van der Waals surface area (Å²) in [5.74, 6) is -0.269. The van der Waals surface area contributed by atoms with Crippen molar-refractivity contribution in [1.82, 2.24) is 14.5 Å². The number of fused-ring (bicyclic) bond motifs is 1. The molecule has 108 valence electrons. The van der Waals surface area contributed by atoms with E-state index in [1.807, 2.05) is 0 Å². The van der Waals surface area contributed by atoms with Gasteiger partial charge in [0.2, 0.25) is 0 Å². The van der Waals surface area contributed by atoms with Gasteiger partial charge in [-0.3, -0.25) is 4.90 Å². The third kappa shape index (κ3) is 2.69. The molecule has 1 saturated carbocycles. The standard InChI is InChI=1S/C14H17BrFN3S/c1-2-18(9-3-4-9)5-6-19-13-7-10(15)11(16)8-12(13)17-14(19)20/h7-9H,2-6H2,1H3,(H,17,20). The Kier molecular flexibility index (Phi) is 3.97. The van der Waals surface area contributed by atoms with Gasteiger partial charge in [0.15, 0.2) is 4.77 Å². The van der Waals surface area contributed by atoms with Gasteiger partial charge in [-0.25, -0.2) is 4.39 Å². The van der Waals surface area contributed by atoms with Gasteiger partial charge in [-0.1, -0.05) is 6.92 Å². The van der Waals surface area contributed by atoms with Gasteiger partial charge in [0.25, 0.3) is 0 Å². The number of hydrogen-bond donors (Lipinski definition) is 1. The summed E-state index contributed by atoms with van der Waals surface area (Å²) in [7, 11) is 0. The highest BCUT2D eigenvalue weighted by Crippen LogP contribution is 2.27. The Balaban J connectivity index is 1.88. The maximum atomic E-state index is 13.6. The minimum Gasteiger partial charge on any atom is -0.330 e. The Morgan fingerprint density at radius 2 is 2.25 bits per heavy atom. The summed E-state index contributed by atoms with van der Waals surface area (Å²) in [4.78, 5) is 5.57. The molecule has 0 unspecified atom stereocenters. The Bertz CT molecular complexity index is 690. The second kappa shape index (κ2) is 5.58. The molecule has 1 aliphatic carbocycles. The first kappa shape index (κ1) is 14.2. The lowest BCUT2D eigenvalue weighted by molar-refractivity contribution is 0.267. The van der Waals surface area contributed by atoms with Crippen molar-refractivity contribution in [2.45, 2.75) is 32.4 Å². The van der Waals surface area contributed by atoms with Crippen molar-refractivity contribution in [3.8, 4) is 0 Å². The lowest BCUT2D eigenvalue weighted by atomic mass is 10.3. The molecular weight excluding hydrogens is 341 g/mol. The molecule has 0 spiro atoms. The zero-order valence-corrected chi connectivity index (χ0v) is 13.7.